The Kier molecular flexibility index (Phi) is 8.22. The Hall–Kier alpha value is -2.64. The van der Waals surface area contributed by atoms with Crippen LogP contribution < -0.4 is 0 Å². The van der Waals surface area contributed by atoms with Crippen LogP contribution in [0.15, 0.2) is 24.5 Å². The number of hydrogen-bond donors (Lipinski definition) is 0. The normalized spacial score (nSPS) is 14.5. The first-order valence-corrected chi connectivity index (χ1v) is 9.74. The predicted molar refractivity (Wildman–Crippen MR) is 105 cm³/mol. The standard InChI is InChI=1S/C20H30N4O4/c1-4-28-20(27)23-13-8-18(9-14-23)24(16(2)25)15-19(26)22(3)12-7-17-5-10-21-11-6-17/h5-6,10-11,18H,4,7-9,12-15H2,1-3H3. The van der Waals surface area contributed by atoms with Crippen molar-refractivity contribution in [1.82, 2.24) is 19.7 Å². The summed E-state index contributed by atoms with van der Waals surface area (Å²) in [5.41, 5.74) is 1.12. The second kappa shape index (κ2) is 10.6. The highest BCUT2D eigenvalue weighted by atomic mass is 16.6. The van der Waals surface area contributed by atoms with Crippen molar-refractivity contribution in [1.29, 1.82) is 0 Å². The first kappa shape index (κ1) is 21.7. The monoisotopic (exact) mass is 390 g/mol. The van der Waals surface area contributed by atoms with Crippen LogP contribution in [0, 0.1) is 0 Å². The third-order valence-corrected chi connectivity index (χ3v) is 5.05. The summed E-state index contributed by atoms with van der Waals surface area (Å²) in [4.78, 5) is 45.5. The average molecular weight is 390 g/mol. The van der Waals surface area contributed by atoms with Gasteiger partial charge in [-0.2, -0.15) is 0 Å². The minimum Gasteiger partial charge on any atom is -0.450 e. The van der Waals surface area contributed by atoms with Gasteiger partial charge in [0.1, 0.15) is 0 Å². The van der Waals surface area contributed by atoms with Crippen LogP contribution in [0.3, 0.4) is 0 Å². The Labute approximate surface area is 166 Å². The maximum atomic E-state index is 12.6. The highest BCUT2D eigenvalue weighted by molar-refractivity contribution is 5.84. The van der Waals surface area contributed by atoms with E-state index in [0.29, 0.717) is 39.1 Å². The van der Waals surface area contributed by atoms with Crippen molar-refractivity contribution in [3.05, 3.63) is 30.1 Å². The number of nitrogens with zero attached hydrogens (tertiary/aromatic N) is 4. The highest BCUT2D eigenvalue weighted by Crippen LogP contribution is 2.18. The summed E-state index contributed by atoms with van der Waals surface area (Å²) >= 11 is 0. The topological polar surface area (TPSA) is 83.1 Å². The number of likely N-dealkylation sites (N-methyl/N-ethyl adjacent to an activating group) is 1. The quantitative estimate of drug-likeness (QED) is 0.705. The van der Waals surface area contributed by atoms with E-state index in [4.69, 9.17) is 4.74 Å². The molecule has 1 aliphatic heterocycles. The van der Waals surface area contributed by atoms with E-state index in [1.807, 2.05) is 12.1 Å². The van der Waals surface area contributed by atoms with Crippen LogP contribution in [-0.4, -0.2) is 83.5 Å². The molecule has 0 aromatic carbocycles. The largest absolute Gasteiger partial charge is 0.450 e. The molecular weight excluding hydrogens is 360 g/mol. The zero-order valence-electron chi connectivity index (χ0n) is 17.0. The lowest BCUT2D eigenvalue weighted by atomic mass is 10.0. The summed E-state index contributed by atoms with van der Waals surface area (Å²) in [5.74, 6) is -0.206. The van der Waals surface area contributed by atoms with Gasteiger partial charge in [0.25, 0.3) is 0 Å². The molecule has 0 unspecified atom stereocenters. The van der Waals surface area contributed by atoms with Crippen LogP contribution in [0.25, 0.3) is 0 Å². The predicted octanol–water partition coefficient (Wildman–Crippen LogP) is 1.55. The molecule has 0 radical (unpaired) electrons. The van der Waals surface area contributed by atoms with Crippen LogP contribution in [-0.2, 0) is 20.7 Å². The van der Waals surface area contributed by atoms with Gasteiger partial charge in [-0.05, 0) is 43.9 Å². The van der Waals surface area contributed by atoms with Crippen LogP contribution >= 0.6 is 0 Å². The van der Waals surface area contributed by atoms with Crippen LogP contribution in [0.2, 0.25) is 0 Å². The fourth-order valence-corrected chi connectivity index (χ4v) is 3.31. The van der Waals surface area contributed by atoms with Crippen molar-refractivity contribution in [2.24, 2.45) is 0 Å². The molecule has 1 fully saturated rings. The van der Waals surface area contributed by atoms with Gasteiger partial charge in [-0.25, -0.2) is 4.79 Å². The fourth-order valence-electron chi connectivity index (χ4n) is 3.31. The molecule has 1 saturated heterocycles. The Morgan fingerprint density at radius 3 is 2.43 bits per heavy atom. The number of carbonyl (C=O) groups excluding carboxylic acids is 3. The third-order valence-electron chi connectivity index (χ3n) is 5.05. The number of hydrogen-bond acceptors (Lipinski definition) is 5. The smallest absolute Gasteiger partial charge is 0.409 e. The van der Waals surface area contributed by atoms with Crippen molar-refractivity contribution in [3.63, 3.8) is 0 Å². The van der Waals surface area contributed by atoms with E-state index >= 15 is 0 Å². The molecule has 1 aliphatic rings. The van der Waals surface area contributed by atoms with Gasteiger partial charge in [-0.3, -0.25) is 14.6 Å². The summed E-state index contributed by atoms with van der Waals surface area (Å²) < 4.78 is 5.03. The van der Waals surface area contributed by atoms with Crippen LogP contribution in [0.5, 0.6) is 0 Å². The molecule has 154 valence electrons. The first-order chi connectivity index (χ1) is 13.4. The molecule has 8 heteroatoms. The summed E-state index contributed by atoms with van der Waals surface area (Å²) in [5, 5.41) is 0. The molecule has 1 aromatic heterocycles. The second-order valence-corrected chi connectivity index (χ2v) is 6.98. The number of pyridine rings is 1. The molecule has 0 atom stereocenters. The summed E-state index contributed by atoms with van der Waals surface area (Å²) in [6.07, 6.45) is 5.18. The second-order valence-electron chi connectivity index (χ2n) is 6.98. The molecule has 0 spiro atoms. The third kappa shape index (κ3) is 6.21. The number of amides is 3. The molecular formula is C20H30N4O4. The van der Waals surface area contributed by atoms with Crippen LogP contribution in [0.4, 0.5) is 4.79 Å². The van der Waals surface area contributed by atoms with Crippen molar-refractivity contribution < 1.29 is 19.1 Å². The van der Waals surface area contributed by atoms with Gasteiger partial charge < -0.3 is 19.4 Å². The molecule has 8 nitrogen and oxygen atoms in total. The SMILES string of the molecule is CCOC(=O)N1CCC(N(CC(=O)N(C)CCc2ccncc2)C(C)=O)CC1. The van der Waals surface area contributed by atoms with Gasteiger partial charge in [0, 0.05) is 52.0 Å². The number of carbonyl (C=O) groups is 3. The lowest BCUT2D eigenvalue weighted by molar-refractivity contribution is -0.141. The van der Waals surface area contributed by atoms with Crippen molar-refractivity contribution in [3.8, 4) is 0 Å². The molecule has 28 heavy (non-hydrogen) atoms. The fraction of sp³-hybridized carbons (Fsp3) is 0.600. The average Bonchev–Trinajstić information content (AvgIpc) is 2.71. The van der Waals surface area contributed by atoms with Gasteiger partial charge in [-0.15, -0.1) is 0 Å². The van der Waals surface area contributed by atoms with Gasteiger partial charge in [-0.1, -0.05) is 0 Å². The zero-order chi connectivity index (χ0) is 20.5. The molecule has 1 aromatic rings. The minimum absolute atomic E-state index is 0.0410. The van der Waals surface area contributed by atoms with E-state index in [0.717, 1.165) is 12.0 Å². The van der Waals surface area contributed by atoms with Gasteiger partial charge in [0.15, 0.2) is 0 Å². The van der Waals surface area contributed by atoms with Crippen molar-refractivity contribution in [2.75, 3.05) is 39.8 Å². The summed E-state index contributed by atoms with van der Waals surface area (Å²) in [6, 6.07) is 3.82. The Morgan fingerprint density at radius 1 is 1.21 bits per heavy atom. The Balaban J connectivity index is 1.85. The van der Waals surface area contributed by atoms with Crippen LogP contribution in [0.1, 0.15) is 32.3 Å². The molecule has 2 rings (SSSR count). The maximum absolute atomic E-state index is 12.6. The maximum Gasteiger partial charge on any atom is 0.409 e. The van der Waals surface area contributed by atoms with E-state index in [2.05, 4.69) is 4.98 Å². The highest BCUT2D eigenvalue weighted by Gasteiger charge is 2.30. The molecule has 0 aliphatic carbocycles. The molecule has 3 amide bonds. The van der Waals surface area contributed by atoms with E-state index in [1.165, 1.54) is 6.92 Å². The van der Waals surface area contributed by atoms with Gasteiger partial charge >= 0.3 is 6.09 Å². The number of aromatic nitrogens is 1. The van der Waals surface area contributed by atoms with E-state index in [1.54, 1.807) is 41.1 Å². The summed E-state index contributed by atoms with van der Waals surface area (Å²) in [7, 11) is 1.76. The van der Waals surface area contributed by atoms with Crippen molar-refractivity contribution >= 4 is 17.9 Å². The lowest BCUT2D eigenvalue weighted by Gasteiger charge is -2.38. The van der Waals surface area contributed by atoms with E-state index in [9.17, 15) is 14.4 Å². The number of ether oxygens (including phenoxy) is 1. The number of rotatable bonds is 7. The zero-order valence-corrected chi connectivity index (χ0v) is 17.0. The van der Waals surface area contributed by atoms with E-state index < -0.39 is 0 Å². The molecule has 0 bridgehead atoms. The number of likely N-dealkylation sites (tertiary alicyclic amines) is 1. The lowest BCUT2D eigenvalue weighted by Crippen LogP contribution is -2.51. The number of piperidine rings is 1. The Morgan fingerprint density at radius 2 is 1.86 bits per heavy atom. The van der Waals surface area contributed by atoms with Crippen molar-refractivity contribution in [2.45, 2.75) is 39.2 Å². The minimum atomic E-state index is -0.317. The van der Waals surface area contributed by atoms with Gasteiger partial charge in [0.05, 0.1) is 13.2 Å². The molecule has 2 heterocycles. The molecule has 0 saturated carbocycles. The Bertz CT molecular complexity index is 659. The molecule has 0 N–H and O–H groups in total. The van der Waals surface area contributed by atoms with E-state index in [-0.39, 0.29) is 30.5 Å². The van der Waals surface area contributed by atoms with Gasteiger partial charge in [0.2, 0.25) is 11.8 Å². The first-order valence-electron chi connectivity index (χ1n) is 9.74. The summed E-state index contributed by atoms with van der Waals surface area (Å²) in [6.45, 7) is 5.31.